The van der Waals surface area contributed by atoms with Crippen LogP contribution in [0.25, 0.3) is 0 Å². The number of nitrogens with zero attached hydrogens (tertiary/aromatic N) is 1. The van der Waals surface area contributed by atoms with E-state index in [4.69, 9.17) is 4.74 Å². The fourth-order valence-electron chi connectivity index (χ4n) is 1.41. The number of benzene rings is 1. The number of carbonyl (C=O) groups excluding carboxylic acids is 1. The molecule has 1 amide bonds. The van der Waals surface area contributed by atoms with Crippen LogP contribution in [0.3, 0.4) is 0 Å². The third kappa shape index (κ3) is 5.41. The molecule has 0 aromatic heterocycles. The molecular weight excluding hydrogens is 318 g/mol. The maximum atomic E-state index is 12.1. The second kappa shape index (κ2) is 8.94. The highest BCUT2D eigenvalue weighted by Crippen LogP contribution is 2.17. The van der Waals surface area contributed by atoms with Gasteiger partial charge in [0.1, 0.15) is 6.61 Å². The van der Waals surface area contributed by atoms with Gasteiger partial charge in [0.25, 0.3) is 0 Å². The molecule has 1 rings (SSSR count). The maximum Gasteiger partial charge on any atom is 0.411 e. The molecule has 0 aliphatic rings. The van der Waals surface area contributed by atoms with E-state index in [0.717, 1.165) is 5.56 Å². The molecule has 0 fully saturated rings. The topological polar surface area (TPSA) is 29.5 Å². The van der Waals surface area contributed by atoms with Gasteiger partial charge in [0, 0.05) is 11.5 Å². The minimum Gasteiger partial charge on any atom is -0.444 e. The van der Waals surface area contributed by atoms with Crippen molar-refractivity contribution in [2.75, 3.05) is 11.5 Å². The highest BCUT2D eigenvalue weighted by Gasteiger charge is 2.26. The van der Waals surface area contributed by atoms with E-state index >= 15 is 0 Å². The molecule has 7 heteroatoms. The zero-order valence-electron chi connectivity index (χ0n) is 10.2. The van der Waals surface area contributed by atoms with Crippen molar-refractivity contribution in [3.63, 3.8) is 0 Å². The van der Waals surface area contributed by atoms with Crippen LogP contribution in [0.4, 0.5) is 4.79 Å². The van der Waals surface area contributed by atoms with E-state index in [1.807, 2.05) is 30.3 Å². The van der Waals surface area contributed by atoms with Crippen molar-refractivity contribution in [2.45, 2.75) is 17.4 Å². The predicted octanol–water partition coefficient (Wildman–Crippen LogP) is 3.00. The van der Waals surface area contributed by atoms with E-state index in [1.165, 1.54) is 4.90 Å². The minimum absolute atomic E-state index is 0.219. The monoisotopic (exact) mass is 335 g/mol. The molecule has 3 nitrogen and oxygen atoms in total. The van der Waals surface area contributed by atoms with Gasteiger partial charge in [-0.05, 0) is 5.56 Å². The van der Waals surface area contributed by atoms with Crippen LogP contribution in [0.15, 0.2) is 30.3 Å². The fraction of sp³-hybridized carbons (Fsp3) is 0.417. The number of carbonyl (C=O) groups is 1. The largest absolute Gasteiger partial charge is 0.444 e. The summed E-state index contributed by atoms with van der Waals surface area (Å²) in [4.78, 5) is 13.5. The van der Waals surface area contributed by atoms with Crippen molar-refractivity contribution in [3.05, 3.63) is 35.9 Å². The van der Waals surface area contributed by atoms with Gasteiger partial charge >= 0.3 is 6.09 Å². The van der Waals surface area contributed by atoms with Crippen LogP contribution < -0.4 is 0 Å². The molecule has 19 heavy (non-hydrogen) atoms. The number of thiol groups is 4. The summed E-state index contributed by atoms with van der Waals surface area (Å²) in [6, 6.07) is 9.49. The quantitative estimate of drug-likeness (QED) is 0.476. The molecule has 0 spiro atoms. The molecule has 1 aromatic rings. The number of amides is 1. The normalized spacial score (nSPS) is 13.7. The van der Waals surface area contributed by atoms with Gasteiger partial charge < -0.3 is 4.74 Å². The molecule has 0 aliphatic carbocycles. The van der Waals surface area contributed by atoms with Gasteiger partial charge in [-0.2, -0.15) is 50.5 Å². The second-order valence-electron chi connectivity index (χ2n) is 3.77. The summed E-state index contributed by atoms with van der Waals surface area (Å²) < 4.78 is 5.26. The lowest BCUT2D eigenvalue weighted by atomic mass is 10.2. The number of hydrogen-bond donors (Lipinski definition) is 4. The first-order valence-corrected chi connectivity index (χ1v) is 7.96. The Morgan fingerprint density at radius 2 is 1.63 bits per heavy atom. The van der Waals surface area contributed by atoms with Crippen LogP contribution in [0.1, 0.15) is 5.56 Å². The van der Waals surface area contributed by atoms with Gasteiger partial charge in [0.15, 0.2) is 0 Å². The van der Waals surface area contributed by atoms with Gasteiger partial charge in [0.05, 0.1) is 10.7 Å². The van der Waals surface area contributed by atoms with Crippen molar-refractivity contribution < 1.29 is 9.53 Å². The van der Waals surface area contributed by atoms with Crippen LogP contribution in [0, 0.1) is 0 Å². The zero-order chi connectivity index (χ0) is 14.3. The Kier molecular flexibility index (Phi) is 7.97. The van der Waals surface area contributed by atoms with E-state index < -0.39 is 6.09 Å². The van der Waals surface area contributed by atoms with E-state index in [2.05, 4.69) is 50.5 Å². The molecule has 106 valence electrons. The summed E-state index contributed by atoms with van der Waals surface area (Å²) in [5.74, 6) is 0.822. The first kappa shape index (κ1) is 16.9. The second-order valence-corrected chi connectivity index (χ2v) is 5.70. The fourth-order valence-corrected chi connectivity index (χ4v) is 2.38. The molecule has 0 saturated carbocycles. The molecule has 1 aromatic carbocycles. The average Bonchev–Trinajstić information content (AvgIpc) is 2.45. The molecule has 2 unspecified atom stereocenters. The summed E-state index contributed by atoms with van der Waals surface area (Å²) in [7, 11) is 0. The van der Waals surface area contributed by atoms with E-state index in [1.54, 1.807) is 0 Å². The highest BCUT2D eigenvalue weighted by atomic mass is 32.1. The molecule has 0 radical (unpaired) electrons. The molecule has 2 atom stereocenters. The molecule has 0 saturated heterocycles. The first-order valence-electron chi connectivity index (χ1n) is 5.67. The summed E-state index contributed by atoms with van der Waals surface area (Å²) in [5, 5.41) is -0.720. The van der Waals surface area contributed by atoms with E-state index in [0.29, 0.717) is 11.5 Å². The van der Waals surface area contributed by atoms with Crippen LogP contribution >= 0.6 is 50.5 Å². The SMILES string of the molecule is O=C(OCc1ccccc1)N(C(S)CS)C(S)CS. The zero-order valence-corrected chi connectivity index (χ0v) is 13.8. The Hall–Kier alpha value is -0.110. The van der Waals surface area contributed by atoms with Crippen molar-refractivity contribution in [1.29, 1.82) is 0 Å². The number of rotatable bonds is 6. The summed E-state index contributed by atoms with van der Waals surface area (Å²) in [5.41, 5.74) is 0.930. The first-order chi connectivity index (χ1) is 9.10. The van der Waals surface area contributed by atoms with Gasteiger partial charge in [-0.3, -0.25) is 4.90 Å². The van der Waals surface area contributed by atoms with Crippen molar-refractivity contribution in [1.82, 2.24) is 4.90 Å². The van der Waals surface area contributed by atoms with Crippen LogP contribution in [-0.4, -0.2) is 33.2 Å². The standard InChI is InChI=1S/C12H17NO2S4/c14-12(13(10(18)7-16)11(19)8-17)15-6-9-4-2-1-3-5-9/h1-5,10-11,16-19H,6-8H2. The van der Waals surface area contributed by atoms with Crippen molar-refractivity contribution in [2.24, 2.45) is 0 Å². The lowest BCUT2D eigenvalue weighted by molar-refractivity contribution is 0.0938. The van der Waals surface area contributed by atoms with Gasteiger partial charge in [-0.15, -0.1) is 0 Å². The Morgan fingerprint density at radius 3 is 2.11 bits per heavy atom. The van der Waals surface area contributed by atoms with Crippen LogP contribution in [-0.2, 0) is 11.3 Å². The minimum atomic E-state index is -0.466. The number of hydrogen-bond acceptors (Lipinski definition) is 6. The van der Waals surface area contributed by atoms with E-state index in [9.17, 15) is 4.79 Å². The molecule has 0 aliphatic heterocycles. The smallest absolute Gasteiger partial charge is 0.411 e. The van der Waals surface area contributed by atoms with Crippen molar-refractivity contribution >= 4 is 56.6 Å². The third-order valence-electron chi connectivity index (χ3n) is 2.38. The highest BCUT2D eigenvalue weighted by molar-refractivity contribution is 7.85. The Bertz CT molecular complexity index is 381. The van der Waals surface area contributed by atoms with Gasteiger partial charge in [-0.1, -0.05) is 30.3 Å². The molecule has 0 bridgehead atoms. The summed E-state index contributed by atoms with van der Waals surface area (Å²) in [6.45, 7) is 0.219. The van der Waals surface area contributed by atoms with E-state index in [-0.39, 0.29) is 17.4 Å². The molecule has 0 heterocycles. The average molecular weight is 336 g/mol. The summed E-state index contributed by atoms with van der Waals surface area (Å²) >= 11 is 16.9. The lowest BCUT2D eigenvalue weighted by Crippen LogP contribution is -2.44. The van der Waals surface area contributed by atoms with Gasteiger partial charge in [0.2, 0.25) is 0 Å². The van der Waals surface area contributed by atoms with Crippen molar-refractivity contribution in [3.8, 4) is 0 Å². The third-order valence-corrected chi connectivity index (χ3v) is 4.52. The predicted molar refractivity (Wildman–Crippen MR) is 91.7 cm³/mol. The Morgan fingerprint density at radius 1 is 1.11 bits per heavy atom. The maximum absolute atomic E-state index is 12.1. The van der Waals surface area contributed by atoms with Crippen LogP contribution in [0.2, 0.25) is 0 Å². The van der Waals surface area contributed by atoms with Gasteiger partial charge in [-0.25, -0.2) is 4.79 Å². The number of ether oxygens (including phenoxy) is 1. The lowest BCUT2D eigenvalue weighted by Gasteiger charge is -2.30. The molecular formula is C12H17NO2S4. The Labute approximate surface area is 135 Å². The Balaban J connectivity index is 2.62. The summed E-state index contributed by atoms with van der Waals surface area (Å²) in [6.07, 6.45) is -0.466. The molecule has 0 N–H and O–H groups in total. The van der Waals surface area contributed by atoms with Crippen LogP contribution in [0.5, 0.6) is 0 Å².